The van der Waals surface area contributed by atoms with E-state index < -0.39 is 16.1 Å². The SMILES string of the molecule is Cc1cc2nc([C@H](NC(=O)C3CCN(S(C)(=O)=O)CC3)C(C)C)cc(=O)n2[nH]1. The van der Waals surface area contributed by atoms with Crippen LogP contribution in [0.15, 0.2) is 16.9 Å². The highest BCUT2D eigenvalue weighted by Crippen LogP contribution is 2.24. The lowest BCUT2D eigenvalue weighted by Crippen LogP contribution is -2.44. The molecule has 0 saturated carbocycles. The molecule has 0 unspecified atom stereocenters. The van der Waals surface area contributed by atoms with Gasteiger partial charge in [0, 0.05) is 36.8 Å². The van der Waals surface area contributed by atoms with Crippen LogP contribution in [0.1, 0.15) is 44.1 Å². The number of aromatic amines is 1. The number of nitrogens with one attached hydrogen (secondary N) is 2. The Morgan fingerprint density at radius 2 is 1.93 bits per heavy atom. The standard InChI is InChI=1S/C18H27N5O4S/c1-11(2)17(14-10-16(24)23-15(19-14)9-12(3)21-23)20-18(25)13-5-7-22(8-6-13)28(4,26)27/h9-11,13,17,21H,5-8H2,1-4H3,(H,20,25)/t17-/m1/s1. The first kappa shape index (κ1) is 20.5. The lowest BCUT2D eigenvalue weighted by Gasteiger charge is -2.31. The Morgan fingerprint density at radius 3 is 2.50 bits per heavy atom. The molecule has 0 bridgehead atoms. The molecule has 1 fully saturated rings. The predicted octanol–water partition coefficient (Wildman–Crippen LogP) is 0.816. The van der Waals surface area contributed by atoms with Crippen LogP contribution in [0.5, 0.6) is 0 Å². The number of carbonyl (C=O) groups is 1. The maximum Gasteiger partial charge on any atom is 0.272 e. The molecule has 10 heteroatoms. The maximum absolute atomic E-state index is 12.8. The molecule has 0 radical (unpaired) electrons. The van der Waals surface area contributed by atoms with Gasteiger partial charge in [0.2, 0.25) is 15.9 Å². The first-order chi connectivity index (χ1) is 13.1. The van der Waals surface area contributed by atoms with Gasteiger partial charge in [-0.05, 0) is 25.7 Å². The van der Waals surface area contributed by atoms with Crippen LogP contribution in [0.3, 0.4) is 0 Å². The Morgan fingerprint density at radius 1 is 1.29 bits per heavy atom. The van der Waals surface area contributed by atoms with Gasteiger partial charge in [-0.15, -0.1) is 0 Å². The van der Waals surface area contributed by atoms with Crippen molar-refractivity contribution in [2.45, 2.75) is 39.7 Å². The molecule has 0 aromatic carbocycles. The fourth-order valence-corrected chi connectivity index (χ4v) is 4.47. The highest BCUT2D eigenvalue weighted by atomic mass is 32.2. The number of nitrogens with zero attached hydrogens (tertiary/aromatic N) is 3. The molecular weight excluding hydrogens is 382 g/mol. The van der Waals surface area contributed by atoms with Gasteiger partial charge in [-0.1, -0.05) is 13.8 Å². The summed E-state index contributed by atoms with van der Waals surface area (Å²) in [5, 5.41) is 5.96. The summed E-state index contributed by atoms with van der Waals surface area (Å²) in [4.78, 5) is 29.7. The van der Waals surface area contributed by atoms with Gasteiger partial charge in [0.1, 0.15) is 0 Å². The van der Waals surface area contributed by atoms with E-state index in [2.05, 4.69) is 15.4 Å². The van der Waals surface area contributed by atoms with E-state index >= 15 is 0 Å². The number of hydrogen-bond donors (Lipinski definition) is 2. The Kier molecular flexibility index (Phi) is 5.62. The average molecular weight is 410 g/mol. The van der Waals surface area contributed by atoms with Gasteiger partial charge in [-0.25, -0.2) is 22.2 Å². The smallest absolute Gasteiger partial charge is 0.272 e. The summed E-state index contributed by atoms with van der Waals surface area (Å²) in [5.74, 6) is -0.341. The van der Waals surface area contributed by atoms with Gasteiger partial charge >= 0.3 is 0 Å². The number of aryl methyl sites for hydroxylation is 1. The molecule has 1 amide bonds. The number of rotatable bonds is 5. The third kappa shape index (κ3) is 4.27. The van der Waals surface area contributed by atoms with E-state index in [4.69, 9.17) is 0 Å². The van der Waals surface area contributed by atoms with E-state index in [-0.39, 0.29) is 23.3 Å². The zero-order valence-electron chi connectivity index (χ0n) is 16.6. The summed E-state index contributed by atoms with van der Waals surface area (Å²) in [7, 11) is -3.23. The number of amides is 1. The van der Waals surface area contributed by atoms with Crippen LogP contribution in [0.4, 0.5) is 0 Å². The van der Waals surface area contributed by atoms with Gasteiger partial charge in [0.25, 0.3) is 5.56 Å². The second-order valence-corrected chi connectivity index (χ2v) is 9.80. The minimum absolute atomic E-state index is 0.0365. The summed E-state index contributed by atoms with van der Waals surface area (Å²) in [6.45, 7) is 6.46. The highest BCUT2D eigenvalue weighted by Gasteiger charge is 2.31. The summed E-state index contributed by atoms with van der Waals surface area (Å²) in [6.07, 6.45) is 2.15. The maximum atomic E-state index is 12.8. The topological polar surface area (TPSA) is 117 Å². The Hall–Kier alpha value is -2.20. The van der Waals surface area contributed by atoms with Crippen LogP contribution < -0.4 is 10.9 Å². The van der Waals surface area contributed by atoms with E-state index in [1.807, 2.05) is 20.8 Å². The number of carbonyl (C=O) groups excluding carboxylic acids is 1. The van der Waals surface area contributed by atoms with Gasteiger partial charge in [-0.2, -0.15) is 0 Å². The average Bonchev–Trinajstić information content (AvgIpc) is 2.99. The lowest BCUT2D eigenvalue weighted by atomic mass is 9.94. The first-order valence-electron chi connectivity index (χ1n) is 9.41. The molecule has 28 heavy (non-hydrogen) atoms. The van der Waals surface area contributed by atoms with Crippen molar-refractivity contribution < 1.29 is 13.2 Å². The number of H-pyrrole nitrogens is 1. The normalized spacial score (nSPS) is 17.9. The zero-order valence-corrected chi connectivity index (χ0v) is 17.4. The number of piperidine rings is 1. The molecule has 2 aromatic rings. The van der Waals surface area contributed by atoms with Crippen molar-refractivity contribution in [3.63, 3.8) is 0 Å². The number of fused-ring (bicyclic) bond motifs is 1. The minimum atomic E-state index is -3.23. The molecule has 1 atom stereocenters. The molecule has 1 aliphatic heterocycles. The number of aromatic nitrogens is 3. The van der Waals surface area contributed by atoms with Crippen molar-refractivity contribution in [3.8, 4) is 0 Å². The molecule has 2 aromatic heterocycles. The third-order valence-electron chi connectivity index (χ3n) is 5.18. The van der Waals surface area contributed by atoms with Crippen LogP contribution in [0, 0.1) is 18.8 Å². The van der Waals surface area contributed by atoms with E-state index in [1.165, 1.54) is 21.1 Å². The molecule has 0 spiro atoms. The molecule has 1 saturated heterocycles. The predicted molar refractivity (Wildman–Crippen MR) is 105 cm³/mol. The fraction of sp³-hybridized carbons (Fsp3) is 0.611. The molecule has 0 aliphatic carbocycles. The van der Waals surface area contributed by atoms with Crippen LogP contribution in [0.2, 0.25) is 0 Å². The van der Waals surface area contributed by atoms with Crippen LogP contribution in [-0.4, -0.2) is 52.6 Å². The lowest BCUT2D eigenvalue weighted by molar-refractivity contribution is -0.127. The highest BCUT2D eigenvalue weighted by molar-refractivity contribution is 7.88. The zero-order chi connectivity index (χ0) is 20.6. The quantitative estimate of drug-likeness (QED) is 0.758. The molecule has 1 aliphatic rings. The van der Waals surface area contributed by atoms with E-state index in [0.29, 0.717) is 37.3 Å². The van der Waals surface area contributed by atoms with Crippen LogP contribution in [0.25, 0.3) is 5.65 Å². The van der Waals surface area contributed by atoms with Crippen molar-refractivity contribution in [2.75, 3.05) is 19.3 Å². The fourth-order valence-electron chi connectivity index (χ4n) is 3.59. The second kappa shape index (κ2) is 7.67. The summed E-state index contributed by atoms with van der Waals surface area (Å²) >= 11 is 0. The van der Waals surface area contributed by atoms with Crippen molar-refractivity contribution in [1.29, 1.82) is 0 Å². The Bertz CT molecular complexity index is 1030. The number of sulfonamides is 1. The Balaban J connectivity index is 1.77. The van der Waals surface area contributed by atoms with Gasteiger partial charge in [0.05, 0.1) is 18.0 Å². The Labute approximate surface area is 164 Å². The molecule has 3 heterocycles. The first-order valence-corrected chi connectivity index (χ1v) is 11.3. The van der Waals surface area contributed by atoms with E-state index in [1.54, 1.807) is 6.07 Å². The van der Waals surface area contributed by atoms with Gasteiger partial charge in [-0.3, -0.25) is 14.7 Å². The molecular formula is C18H27N5O4S. The van der Waals surface area contributed by atoms with Gasteiger partial charge < -0.3 is 5.32 Å². The minimum Gasteiger partial charge on any atom is -0.347 e. The van der Waals surface area contributed by atoms with E-state index in [0.717, 1.165) is 5.69 Å². The summed E-state index contributed by atoms with van der Waals surface area (Å²) in [5.41, 5.74) is 1.64. The van der Waals surface area contributed by atoms with Crippen molar-refractivity contribution in [2.24, 2.45) is 11.8 Å². The monoisotopic (exact) mass is 409 g/mol. The van der Waals surface area contributed by atoms with Crippen molar-refractivity contribution in [3.05, 3.63) is 33.9 Å². The van der Waals surface area contributed by atoms with Crippen molar-refractivity contribution in [1.82, 2.24) is 24.2 Å². The second-order valence-electron chi connectivity index (χ2n) is 7.82. The third-order valence-corrected chi connectivity index (χ3v) is 6.48. The molecule has 154 valence electrons. The van der Waals surface area contributed by atoms with Crippen LogP contribution >= 0.6 is 0 Å². The van der Waals surface area contributed by atoms with Crippen LogP contribution in [-0.2, 0) is 14.8 Å². The molecule has 9 nitrogen and oxygen atoms in total. The molecule has 3 rings (SSSR count). The van der Waals surface area contributed by atoms with Gasteiger partial charge in [0.15, 0.2) is 5.65 Å². The van der Waals surface area contributed by atoms with Crippen molar-refractivity contribution >= 4 is 21.6 Å². The summed E-state index contributed by atoms with van der Waals surface area (Å²) in [6, 6.07) is 2.83. The largest absolute Gasteiger partial charge is 0.347 e. The number of hydrogen-bond acceptors (Lipinski definition) is 5. The molecule has 2 N–H and O–H groups in total. The summed E-state index contributed by atoms with van der Waals surface area (Å²) < 4.78 is 26.1. The van der Waals surface area contributed by atoms with E-state index in [9.17, 15) is 18.0 Å².